The number of carbonyl (C=O) groups excluding carboxylic acids is 5. The Morgan fingerprint density at radius 1 is 1.06 bits per heavy atom. The van der Waals surface area contributed by atoms with Gasteiger partial charge in [0.05, 0.1) is 6.04 Å². The number of likely N-dealkylation sites (N-methyl/N-ethyl adjacent to an activating group) is 2. The molecule has 5 amide bonds. The van der Waals surface area contributed by atoms with E-state index >= 15 is 0 Å². The summed E-state index contributed by atoms with van der Waals surface area (Å²) in [5.74, 6) is -2.53. The van der Waals surface area contributed by atoms with Crippen LogP contribution < -0.4 is 21.3 Å². The predicted octanol–water partition coefficient (Wildman–Crippen LogP) is 3.11. The lowest BCUT2D eigenvalue weighted by atomic mass is 9.83. The second-order valence-electron chi connectivity index (χ2n) is 15.8. The second kappa shape index (κ2) is 15.7. The molecule has 0 bridgehead atoms. The smallest absolute Gasteiger partial charge is 0.315 e. The molecule has 4 rings (SSSR count). The lowest BCUT2D eigenvalue weighted by Crippen LogP contribution is -2.61. The number of ketones is 1. The Kier molecular flexibility index (Phi) is 12.5. The Morgan fingerprint density at radius 2 is 1.72 bits per heavy atom. The highest BCUT2D eigenvalue weighted by atomic mass is 32.2. The van der Waals surface area contributed by atoms with Gasteiger partial charge in [-0.15, -0.1) is 11.3 Å². The van der Waals surface area contributed by atoms with Crippen molar-refractivity contribution in [3.05, 3.63) is 17.5 Å². The van der Waals surface area contributed by atoms with E-state index in [0.29, 0.717) is 13.0 Å². The molecule has 50 heavy (non-hydrogen) atoms. The molecule has 3 fully saturated rings. The number of thiophene rings is 1. The van der Waals surface area contributed by atoms with Gasteiger partial charge in [0.2, 0.25) is 17.6 Å². The van der Waals surface area contributed by atoms with Gasteiger partial charge in [0, 0.05) is 33.2 Å². The second-order valence-corrected chi connectivity index (χ2v) is 19.0. The van der Waals surface area contributed by atoms with Crippen LogP contribution in [0.3, 0.4) is 0 Å². The third-order valence-electron chi connectivity index (χ3n) is 11.0. The van der Waals surface area contributed by atoms with Gasteiger partial charge in [-0.25, -0.2) is 13.2 Å². The van der Waals surface area contributed by atoms with Crippen molar-refractivity contribution in [2.24, 2.45) is 28.6 Å². The molecule has 280 valence electrons. The molecule has 15 heteroatoms. The zero-order valence-corrected chi connectivity index (χ0v) is 32.3. The number of urea groups is 1. The largest absolute Gasteiger partial charge is 0.353 e. The van der Waals surface area contributed by atoms with Gasteiger partial charge in [-0.05, 0) is 59.3 Å². The average molecular weight is 737 g/mol. The standard InChI is InChI=1S/C35H56N6O7S2/c1-9-14-23(29(42)31(44)36-7)37-30(43)28-26-22(35(26,5)6)19-41(28)32(45)27(21-15-11-10-12-16-21)39-33(46)38-24(34(2,3)4)20-40(8)50(47,48)25-17-13-18-49-25/h13,17-18,21-24,26-28H,9-12,14-16,19-20H2,1-8H3,(H,36,44)(H,37,43)(H2,38,39,46)/t22-,23?,24+,26-,27-,28-/m0/s1. The normalized spacial score (nSPS) is 23.7. The van der Waals surface area contributed by atoms with Crippen molar-refractivity contribution < 1.29 is 32.4 Å². The topological polar surface area (TPSA) is 174 Å². The highest BCUT2D eigenvalue weighted by Gasteiger charge is 2.69. The molecule has 2 saturated carbocycles. The Hall–Kier alpha value is -3.04. The molecule has 13 nitrogen and oxygen atoms in total. The molecule has 4 N–H and O–H groups in total. The first-order valence-electron chi connectivity index (χ1n) is 17.8. The number of sulfonamides is 1. The van der Waals surface area contributed by atoms with Gasteiger partial charge in [-0.2, -0.15) is 4.31 Å². The summed E-state index contributed by atoms with van der Waals surface area (Å²) < 4.78 is 27.8. The van der Waals surface area contributed by atoms with Crippen LogP contribution in [0.2, 0.25) is 0 Å². The molecule has 0 aromatic carbocycles. The monoisotopic (exact) mass is 736 g/mol. The number of carbonyl (C=O) groups is 5. The molecule has 6 atom stereocenters. The van der Waals surface area contributed by atoms with E-state index in [1.54, 1.807) is 22.4 Å². The molecule has 1 aliphatic heterocycles. The van der Waals surface area contributed by atoms with Gasteiger partial charge < -0.3 is 26.2 Å². The predicted molar refractivity (Wildman–Crippen MR) is 192 cm³/mol. The van der Waals surface area contributed by atoms with Crippen LogP contribution in [0.5, 0.6) is 0 Å². The third-order valence-corrected chi connectivity index (χ3v) is 14.2. The minimum Gasteiger partial charge on any atom is -0.353 e. The maximum absolute atomic E-state index is 14.6. The number of piperidine rings is 1. The zero-order chi connectivity index (χ0) is 37.2. The molecule has 3 aliphatic rings. The summed E-state index contributed by atoms with van der Waals surface area (Å²) in [6, 6.07) is -0.735. The van der Waals surface area contributed by atoms with Crippen LogP contribution in [0.25, 0.3) is 0 Å². The molecule has 0 spiro atoms. The van der Waals surface area contributed by atoms with E-state index in [9.17, 15) is 32.4 Å². The molecule has 2 aliphatic carbocycles. The quantitative estimate of drug-likeness (QED) is 0.213. The Balaban J connectivity index is 1.56. The third kappa shape index (κ3) is 8.52. The van der Waals surface area contributed by atoms with Crippen LogP contribution in [-0.4, -0.2) is 98.5 Å². The number of Topliss-reactive ketones (excluding diaryl/α,β-unsaturated/α-hetero) is 1. The van der Waals surface area contributed by atoms with Crippen LogP contribution in [0.4, 0.5) is 4.79 Å². The SMILES string of the molecule is CCCC(NC(=O)[C@@H]1[C@@H]2[C@H](CN1C(=O)[C@@H](NC(=O)N[C@H](CN(C)S(=O)(=O)c1cccs1)C(C)(C)C)C1CCCCC1)C2(C)C)C(=O)C(=O)NC. The summed E-state index contributed by atoms with van der Waals surface area (Å²) in [6.45, 7) is 12.1. The van der Waals surface area contributed by atoms with Crippen molar-refractivity contribution in [3.63, 3.8) is 0 Å². The van der Waals surface area contributed by atoms with Gasteiger partial charge in [0.1, 0.15) is 16.3 Å². The number of hydrogen-bond donors (Lipinski definition) is 4. The summed E-state index contributed by atoms with van der Waals surface area (Å²) in [7, 11) is -0.912. The van der Waals surface area contributed by atoms with E-state index in [1.165, 1.54) is 18.4 Å². The minimum absolute atomic E-state index is 0.0136. The first-order valence-corrected chi connectivity index (χ1v) is 20.1. The van der Waals surface area contributed by atoms with Crippen molar-refractivity contribution in [2.45, 2.75) is 115 Å². The zero-order valence-electron chi connectivity index (χ0n) is 30.7. The Morgan fingerprint density at radius 3 is 2.28 bits per heavy atom. The van der Waals surface area contributed by atoms with Crippen molar-refractivity contribution in [3.8, 4) is 0 Å². The number of hydrogen-bond acceptors (Lipinski definition) is 8. The lowest BCUT2D eigenvalue weighted by molar-refractivity contribution is -0.144. The number of amides is 5. The Bertz CT molecular complexity index is 1520. The van der Waals surface area contributed by atoms with Crippen molar-refractivity contribution in [2.75, 3.05) is 27.2 Å². The molecule has 1 aromatic heterocycles. The summed E-state index contributed by atoms with van der Waals surface area (Å²) >= 11 is 1.13. The fraction of sp³-hybridized carbons (Fsp3) is 0.743. The molecule has 2 heterocycles. The van der Waals surface area contributed by atoms with E-state index < -0.39 is 63.2 Å². The fourth-order valence-corrected chi connectivity index (χ4v) is 10.1. The maximum Gasteiger partial charge on any atom is 0.315 e. The fourth-order valence-electron chi connectivity index (χ4n) is 7.73. The van der Waals surface area contributed by atoms with E-state index in [0.717, 1.165) is 43.4 Å². The number of nitrogens with zero attached hydrogens (tertiary/aromatic N) is 2. The van der Waals surface area contributed by atoms with Crippen molar-refractivity contribution in [1.82, 2.24) is 30.5 Å². The molecule has 1 saturated heterocycles. The first kappa shape index (κ1) is 39.7. The van der Waals surface area contributed by atoms with Crippen molar-refractivity contribution in [1.29, 1.82) is 0 Å². The highest BCUT2D eigenvalue weighted by molar-refractivity contribution is 7.91. The number of nitrogens with one attached hydrogen (secondary N) is 4. The highest BCUT2D eigenvalue weighted by Crippen LogP contribution is 2.65. The number of likely N-dealkylation sites (tertiary alicyclic amines) is 1. The van der Waals surface area contributed by atoms with Crippen LogP contribution in [0.1, 0.15) is 86.5 Å². The summed E-state index contributed by atoms with van der Waals surface area (Å²) in [6.07, 6.45) is 5.18. The van der Waals surface area contributed by atoms with Gasteiger partial charge >= 0.3 is 6.03 Å². The summed E-state index contributed by atoms with van der Waals surface area (Å²) in [5, 5.41) is 12.8. The van der Waals surface area contributed by atoms with Crippen LogP contribution >= 0.6 is 11.3 Å². The van der Waals surface area contributed by atoms with E-state index in [1.807, 2.05) is 27.7 Å². The van der Waals surface area contributed by atoms with Crippen LogP contribution in [0, 0.1) is 28.6 Å². The molecular formula is C35H56N6O7S2. The van der Waals surface area contributed by atoms with E-state index in [4.69, 9.17) is 0 Å². The average Bonchev–Trinajstić information content (AvgIpc) is 3.52. The lowest BCUT2D eigenvalue weighted by Gasteiger charge is -2.38. The molecule has 0 radical (unpaired) electrons. The number of rotatable bonds is 14. The molecule has 1 unspecified atom stereocenters. The van der Waals surface area contributed by atoms with Crippen LogP contribution in [0.15, 0.2) is 21.7 Å². The van der Waals surface area contributed by atoms with Gasteiger partial charge in [-0.3, -0.25) is 19.2 Å². The summed E-state index contributed by atoms with van der Waals surface area (Å²) in [4.78, 5) is 69.0. The Labute approximate surface area is 301 Å². The molecule has 1 aromatic rings. The van der Waals surface area contributed by atoms with Crippen LogP contribution in [-0.2, 0) is 29.2 Å². The minimum atomic E-state index is -3.76. The molecular weight excluding hydrogens is 681 g/mol. The van der Waals surface area contributed by atoms with Gasteiger partial charge in [0.25, 0.3) is 15.9 Å². The first-order chi connectivity index (χ1) is 23.4. The van der Waals surface area contributed by atoms with E-state index in [-0.39, 0.29) is 46.3 Å². The summed E-state index contributed by atoms with van der Waals surface area (Å²) in [5.41, 5.74) is -0.725. The van der Waals surface area contributed by atoms with Gasteiger partial charge in [-0.1, -0.05) is 73.3 Å². The number of fused-ring (bicyclic) bond motifs is 1. The maximum atomic E-state index is 14.6. The van der Waals surface area contributed by atoms with Gasteiger partial charge in [0.15, 0.2) is 0 Å². The van der Waals surface area contributed by atoms with Crippen molar-refractivity contribution >= 4 is 50.9 Å². The van der Waals surface area contributed by atoms with E-state index in [2.05, 4.69) is 35.1 Å².